The van der Waals surface area contributed by atoms with E-state index < -0.39 is 0 Å². The lowest BCUT2D eigenvalue weighted by molar-refractivity contribution is 0.301. The van der Waals surface area contributed by atoms with E-state index in [0.29, 0.717) is 24.1 Å². The van der Waals surface area contributed by atoms with E-state index in [1.807, 2.05) is 6.92 Å². The first-order valence-electron chi connectivity index (χ1n) is 8.17. The summed E-state index contributed by atoms with van der Waals surface area (Å²) in [6.07, 6.45) is 5.08. The highest BCUT2D eigenvalue weighted by Crippen LogP contribution is 2.66. The van der Waals surface area contributed by atoms with E-state index in [0.717, 1.165) is 35.8 Å². The summed E-state index contributed by atoms with van der Waals surface area (Å²) in [6.45, 7) is 2.54. The molecule has 4 heteroatoms. The van der Waals surface area contributed by atoms with Crippen LogP contribution in [0.25, 0.3) is 0 Å². The Morgan fingerprint density at radius 3 is 2.67 bits per heavy atom. The number of ether oxygens (including phenoxy) is 1. The molecule has 3 aliphatic carbocycles. The summed E-state index contributed by atoms with van der Waals surface area (Å²) in [5.74, 6) is 3.41. The van der Waals surface area contributed by atoms with E-state index in [1.165, 1.54) is 25.3 Å². The Hall–Kier alpha value is -1.45. The number of fused-ring (bicyclic) bond motifs is 5. The van der Waals surface area contributed by atoms with Gasteiger partial charge in [-0.15, -0.1) is 0 Å². The lowest BCUT2D eigenvalue weighted by Gasteiger charge is -2.15. The first kappa shape index (κ1) is 13.2. The van der Waals surface area contributed by atoms with Gasteiger partial charge in [0.1, 0.15) is 0 Å². The number of halogens is 1. The number of benzene rings is 1. The van der Waals surface area contributed by atoms with Crippen molar-refractivity contribution in [3.63, 3.8) is 0 Å². The molecule has 0 amide bonds. The summed E-state index contributed by atoms with van der Waals surface area (Å²) in [4.78, 5) is 0. The molecule has 21 heavy (non-hydrogen) atoms. The molecule has 3 saturated carbocycles. The molecule has 1 aromatic rings. The Kier molecular flexibility index (Phi) is 3.02. The molecule has 1 aromatic carbocycles. The Bertz CT molecular complexity index is 546. The van der Waals surface area contributed by atoms with Gasteiger partial charge in [0.15, 0.2) is 11.6 Å². The molecule has 0 heterocycles. The molecule has 0 aromatic heterocycles. The van der Waals surface area contributed by atoms with Crippen LogP contribution in [0.2, 0.25) is 0 Å². The third-order valence-electron chi connectivity index (χ3n) is 5.62. The summed E-state index contributed by atoms with van der Waals surface area (Å²) >= 11 is 0. The largest absolute Gasteiger partial charge is 0.490 e. The second-order valence-electron chi connectivity index (χ2n) is 6.88. The zero-order valence-electron chi connectivity index (χ0n) is 12.4. The molecule has 4 atom stereocenters. The van der Waals surface area contributed by atoms with E-state index in [9.17, 15) is 4.39 Å². The fraction of sp³-hybridized carbons (Fsp3) is 0.647. The molecule has 0 radical (unpaired) electrons. The van der Waals surface area contributed by atoms with Gasteiger partial charge in [-0.25, -0.2) is 4.39 Å². The SMILES string of the molecule is CCCOc1cc(NC2C3C4CCC(C4)C23)c(N)cc1F. The molecule has 0 aliphatic heterocycles. The molecule has 3 nitrogen and oxygen atoms in total. The number of nitrogens with two attached hydrogens (primary N) is 1. The Labute approximate surface area is 125 Å². The normalized spacial score (nSPS) is 35.6. The summed E-state index contributed by atoms with van der Waals surface area (Å²) in [5.41, 5.74) is 7.29. The van der Waals surface area contributed by atoms with Crippen LogP contribution in [-0.4, -0.2) is 12.6 Å². The van der Waals surface area contributed by atoms with Crippen molar-refractivity contribution in [1.29, 1.82) is 0 Å². The smallest absolute Gasteiger partial charge is 0.167 e. The van der Waals surface area contributed by atoms with Crippen LogP contribution in [0.3, 0.4) is 0 Å². The molecule has 0 spiro atoms. The van der Waals surface area contributed by atoms with Crippen molar-refractivity contribution in [3.8, 4) is 5.75 Å². The topological polar surface area (TPSA) is 47.3 Å². The van der Waals surface area contributed by atoms with Crippen molar-refractivity contribution in [2.75, 3.05) is 17.7 Å². The van der Waals surface area contributed by atoms with Crippen LogP contribution in [0.1, 0.15) is 32.6 Å². The van der Waals surface area contributed by atoms with Gasteiger partial charge in [0, 0.05) is 18.2 Å². The van der Waals surface area contributed by atoms with E-state index in [-0.39, 0.29) is 5.82 Å². The van der Waals surface area contributed by atoms with Gasteiger partial charge in [0.2, 0.25) is 0 Å². The maximum absolute atomic E-state index is 13.8. The second-order valence-corrected chi connectivity index (χ2v) is 6.88. The zero-order chi connectivity index (χ0) is 14.6. The van der Waals surface area contributed by atoms with Crippen LogP contribution in [0, 0.1) is 29.5 Å². The summed E-state index contributed by atoms with van der Waals surface area (Å²) in [7, 11) is 0. The first-order valence-corrected chi connectivity index (χ1v) is 8.17. The third kappa shape index (κ3) is 2.07. The fourth-order valence-electron chi connectivity index (χ4n) is 4.71. The fourth-order valence-corrected chi connectivity index (χ4v) is 4.71. The van der Waals surface area contributed by atoms with Gasteiger partial charge in [-0.1, -0.05) is 6.92 Å². The number of nitrogen functional groups attached to an aromatic ring is 1. The lowest BCUT2D eigenvalue weighted by atomic mass is 10.0. The Balaban J connectivity index is 1.50. The average Bonchev–Trinajstić information content (AvgIpc) is 2.85. The van der Waals surface area contributed by atoms with E-state index in [1.54, 1.807) is 6.07 Å². The molecular formula is C17H23FN2O. The number of nitrogens with one attached hydrogen (secondary N) is 1. The molecule has 3 aliphatic rings. The number of hydrogen-bond donors (Lipinski definition) is 2. The van der Waals surface area contributed by atoms with Crippen LogP contribution >= 0.6 is 0 Å². The highest BCUT2D eigenvalue weighted by molar-refractivity contribution is 5.69. The summed E-state index contributed by atoms with van der Waals surface area (Å²) < 4.78 is 19.3. The monoisotopic (exact) mass is 290 g/mol. The Morgan fingerprint density at radius 1 is 1.29 bits per heavy atom. The molecular weight excluding hydrogens is 267 g/mol. The molecule has 3 fully saturated rings. The number of hydrogen-bond acceptors (Lipinski definition) is 3. The molecule has 4 rings (SSSR count). The molecule has 0 saturated heterocycles. The van der Waals surface area contributed by atoms with Gasteiger partial charge < -0.3 is 15.8 Å². The van der Waals surface area contributed by atoms with E-state index >= 15 is 0 Å². The van der Waals surface area contributed by atoms with Crippen LogP contribution in [0.15, 0.2) is 12.1 Å². The van der Waals surface area contributed by atoms with Gasteiger partial charge in [-0.3, -0.25) is 0 Å². The van der Waals surface area contributed by atoms with Crippen LogP contribution in [0.5, 0.6) is 5.75 Å². The summed E-state index contributed by atoms with van der Waals surface area (Å²) in [6, 6.07) is 3.65. The lowest BCUT2D eigenvalue weighted by Crippen LogP contribution is -2.14. The highest BCUT2D eigenvalue weighted by Gasteiger charge is 2.65. The van der Waals surface area contributed by atoms with E-state index in [4.69, 9.17) is 10.5 Å². The van der Waals surface area contributed by atoms with Crippen LogP contribution in [0.4, 0.5) is 15.8 Å². The van der Waals surface area contributed by atoms with Gasteiger partial charge in [-0.05, 0) is 49.4 Å². The molecule has 3 N–H and O–H groups in total. The first-order chi connectivity index (χ1) is 10.2. The van der Waals surface area contributed by atoms with Gasteiger partial charge in [0.25, 0.3) is 0 Å². The quantitative estimate of drug-likeness (QED) is 0.814. The number of rotatable bonds is 5. The maximum Gasteiger partial charge on any atom is 0.167 e. The minimum Gasteiger partial charge on any atom is -0.490 e. The van der Waals surface area contributed by atoms with Crippen LogP contribution < -0.4 is 15.8 Å². The van der Waals surface area contributed by atoms with Crippen molar-refractivity contribution < 1.29 is 9.13 Å². The zero-order valence-corrected chi connectivity index (χ0v) is 12.4. The minimum absolute atomic E-state index is 0.308. The van der Waals surface area contributed by atoms with Crippen molar-refractivity contribution in [1.82, 2.24) is 0 Å². The summed E-state index contributed by atoms with van der Waals surface area (Å²) in [5, 5.41) is 3.56. The van der Waals surface area contributed by atoms with Crippen molar-refractivity contribution in [2.24, 2.45) is 23.7 Å². The van der Waals surface area contributed by atoms with E-state index in [2.05, 4.69) is 5.32 Å². The standard InChI is InChI=1S/C17H23FN2O/c1-2-5-21-14-8-13(12(19)7-11(14)18)20-17-15-9-3-4-10(6-9)16(15)17/h7-10,15-17,20H,2-6,19H2,1H3. The average molecular weight is 290 g/mol. The maximum atomic E-state index is 13.8. The highest BCUT2D eigenvalue weighted by atomic mass is 19.1. The predicted molar refractivity (Wildman–Crippen MR) is 81.8 cm³/mol. The van der Waals surface area contributed by atoms with Crippen LogP contribution in [-0.2, 0) is 0 Å². The van der Waals surface area contributed by atoms with Crippen molar-refractivity contribution in [3.05, 3.63) is 17.9 Å². The van der Waals surface area contributed by atoms with Gasteiger partial charge in [0.05, 0.1) is 18.0 Å². The molecule has 4 unspecified atom stereocenters. The second kappa shape index (κ2) is 4.79. The minimum atomic E-state index is -0.373. The van der Waals surface area contributed by atoms with Gasteiger partial charge >= 0.3 is 0 Å². The van der Waals surface area contributed by atoms with Crippen molar-refractivity contribution >= 4 is 11.4 Å². The number of anilines is 2. The molecule has 114 valence electrons. The Morgan fingerprint density at radius 2 is 2.00 bits per heavy atom. The third-order valence-corrected chi connectivity index (χ3v) is 5.62. The molecule has 2 bridgehead atoms. The predicted octanol–water partition coefficient (Wildman–Crippen LogP) is 3.65. The van der Waals surface area contributed by atoms with Gasteiger partial charge in [-0.2, -0.15) is 0 Å². The van der Waals surface area contributed by atoms with Crippen molar-refractivity contribution in [2.45, 2.75) is 38.6 Å².